The molecule has 0 radical (unpaired) electrons. The van der Waals surface area contributed by atoms with Gasteiger partial charge in [-0.15, -0.1) is 0 Å². The van der Waals surface area contributed by atoms with Crippen molar-refractivity contribution in [3.8, 4) is 0 Å². The summed E-state index contributed by atoms with van der Waals surface area (Å²) in [6.45, 7) is 5.34. The number of hydrogen-bond donors (Lipinski definition) is 1. The van der Waals surface area contributed by atoms with Gasteiger partial charge in [0.05, 0.1) is 0 Å². The van der Waals surface area contributed by atoms with Gasteiger partial charge in [-0.25, -0.2) is 0 Å². The van der Waals surface area contributed by atoms with Crippen molar-refractivity contribution in [2.75, 3.05) is 0 Å². The van der Waals surface area contributed by atoms with Crippen molar-refractivity contribution in [2.45, 2.75) is 51.5 Å². The van der Waals surface area contributed by atoms with Gasteiger partial charge in [0.2, 0.25) is 0 Å². The number of H-pyrrole nitrogens is 1. The molecule has 0 bridgehead atoms. The summed E-state index contributed by atoms with van der Waals surface area (Å²) in [7, 11) is 0. The van der Waals surface area contributed by atoms with Gasteiger partial charge in [-0.05, 0) is 32.0 Å². The molecule has 0 aromatic carbocycles. The van der Waals surface area contributed by atoms with E-state index in [2.05, 4.69) is 28.6 Å². The van der Waals surface area contributed by atoms with Crippen LogP contribution in [0.15, 0.2) is 0 Å². The van der Waals surface area contributed by atoms with Gasteiger partial charge in [-0.1, -0.05) is 19.8 Å². The Bertz CT molecular complexity index is 371. The smallest absolute Gasteiger partial charge is 0.195 e. The topological polar surface area (TPSA) is 33.6 Å². The lowest BCUT2D eigenvalue weighted by molar-refractivity contribution is 0.432. The molecule has 0 amide bonds. The van der Waals surface area contributed by atoms with E-state index in [0.29, 0.717) is 0 Å². The van der Waals surface area contributed by atoms with Gasteiger partial charge in [0.15, 0.2) is 4.77 Å². The first-order chi connectivity index (χ1) is 6.67. The van der Waals surface area contributed by atoms with E-state index in [1.165, 1.54) is 25.7 Å². The maximum atomic E-state index is 5.20. The quantitative estimate of drug-likeness (QED) is 0.763. The van der Waals surface area contributed by atoms with Gasteiger partial charge >= 0.3 is 0 Å². The molecule has 4 heteroatoms. The Morgan fingerprint density at radius 3 is 2.71 bits per heavy atom. The molecule has 1 fully saturated rings. The van der Waals surface area contributed by atoms with E-state index < -0.39 is 0 Å². The lowest BCUT2D eigenvalue weighted by Crippen LogP contribution is -2.22. The van der Waals surface area contributed by atoms with E-state index in [1.807, 2.05) is 0 Å². The van der Waals surface area contributed by atoms with E-state index in [9.17, 15) is 0 Å². The van der Waals surface area contributed by atoms with Gasteiger partial charge in [0.1, 0.15) is 5.82 Å². The molecule has 0 unspecified atom stereocenters. The zero-order valence-electron chi connectivity index (χ0n) is 8.84. The van der Waals surface area contributed by atoms with Crippen LogP contribution in [0.5, 0.6) is 0 Å². The first-order valence-corrected chi connectivity index (χ1v) is 5.74. The van der Waals surface area contributed by atoms with E-state index in [4.69, 9.17) is 12.2 Å². The van der Waals surface area contributed by atoms with Crippen LogP contribution in [0.25, 0.3) is 0 Å². The fourth-order valence-electron chi connectivity index (χ4n) is 2.45. The Hall–Kier alpha value is -0.640. The number of nitrogens with one attached hydrogen (secondary N) is 1. The molecule has 3 nitrogen and oxygen atoms in total. The molecule has 78 valence electrons. The Balaban J connectivity index is 2.44. The van der Waals surface area contributed by atoms with Crippen molar-refractivity contribution in [2.24, 2.45) is 0 Å². The molecule has 0 saturated heterocycles. The second-order valence-corrected chi connectivity index (χ2v) is 4.75. The molecule has 1 saturated carbocycles. The van der Waals surface area contributed by atoms with Crippen molar-refractivity contribution in [1.29, 1.82) is 0 Å². The van der Waals surface area contributed by atoms with E-state index in [1.54, 1.807) is 0 Å². The van der Waals surface area contributed by atoms with Crippen molar-refractivity contribution < 1.29 is 0 Å². The Labute approximate surface area is 89.5 Å². The van der Waals surface area contributed by atoms with Crippen molar-refractivity contribution in [1.82, 2.24) is 14.8 Å². The highest BCUT2D eigenvalue weighted by atomic mass is 32.1. The molecule has 0 aliphatic heterocycles. The summed E-state index contributed by atoms with van der Waals surface area (Å²) >= 11 is 5.20. The summed E-state index contributed by atoms with van der Waals surface area (Å²) in [5.74, 6) is 1.16. The lowest BCUT2D eigenvalue weighted by Gasteiger charge is -2.22. The lowest BCUT2D eigenvalue weighted by atomic mass is 9.88. The zero-order chi connectivity index (χ0) is 10.2. The number of aromatic nitrogens is 3. The SMILES string of the molecule is CCn1c(C2(C)CCCC2)n[nH]c1=S. The van der Waals surface area contributed by atoms with E-state index >= 15 is 0 Å². The number of rotatable bonds is 2. The first-order valence-electron chi connectivity index (χ1n) is 5.33. The van der Waals surface area contributed by atoms with Crippen molar-refractivity contribution >= 4 is 12.2 Å². The van der Waals surface area contributed by atoms with Crippen LogP contribution in [-0.4, -0.2) is 14.8 Å². The van der Waals surface area contributed by atoms with Crippen LogP contribution in [0, 0.1) is 4.77 Å². The average molecular weight is 211 g/mol. The first kappa shape index (κ1) is 9.90. The minimum atomic E-state index is 0.254. The van der Waals surface area contributed by atoms with Crippen LogP contribution in [-0.2, 0) is 12.0 Å². The van der Waals surface area contributed by atoms with Crippen molar-refractivity contribution in [3.63, 3.8) is 0 Å². The fraction of sp³-hybridized carbons (Fsp3) is 0.800. The van der Waals surface area contributed by atoms with Gasteiger partial charge in [0.25, 0.3) is 0 Å². The third-order valence-electron chi connectivity index (χ3n) is 3.32. The maximum absolute atomic E-state index is 5.20. The third kappa shape index (κ3) is 1.41. The maximum Gasteiger partial charge on any atom is 0.195 e. The molecule has 1 aromatic heterocycles. The summed E-state index contributed by atoms with van der Waals surface area (Å²) in [6.07, 6.45) is 5.12. The highest BCUT2D eigenvalue weighted by molar-refractivity contribution is 7.71. The summed E-state index contributed by atoms with van der Waals surface area (Å²) in [5, 5.41) is 7.29. The minimum absolute atomic E-state index is 0.254. The van der Waals surface area contributed by atoms with Crippen LogP contribution >= 0.6 is 12.2 Å². The fourth-order valence-corrected chi connectivity index (χ4v) is 2.71. The molecule has 14 heavy (non-hydrogen) atoms. The largest absolute Gasteiger partial charge is 0.304 e. The molecule has 2 rings (SSSR count). The third-order valence-corrected chi connectivity index (χ3v) is 3.63. The average Bonchev–Trinajstić information content (AvgIpc) is 2.73. The summed E-state index contributed by atoms with van der Waals surface area (Å²) in [6, 6.07) is 0. The monoisotopic (exact) mass is 211 g/mol. The highest BCUT2D eigenvalue weighted by Gasteiger charge is 2.34. The highest BCUT2D eigenvalue weighted by Crippen LogP contribution is 2.39. The van der Waals surface area contributed by atoms with Crippen LogP contribution in [0.3, 0.4) is 0 Å². The predicted molar refractivity (Wildman–Crippen MR) is 58.9 cm³/mol. The summed E-state index contributed by atoms with van der Waals surface area (Å²) < 4.78 is 2.89. The second kappa shape index (κ2) is 3.50. The van der Waals surface area contributed by atoms with Crippen LogP contribution in [0.1, 0.15) is 45.4 Å². The standard InChI is InChI=1S/C10H17N3S/c1-3-13-8(11-12-9(13)14)10(2)6-4-5-7-10/h3-7H2,1-2H3,(H,12,14). The van der Waals surface area contributed by atoms with Crippen LogP contribution in [0.2, 0.25) is 0 Å². The molecule has 0 atom stereocenters. The van der Waals surface area contributed by atoms with Crippen LogP contribution in [0.4, 0.5) is 0 Å². The Morgan fingerprint density at radius 1 is 1.50 bits per heavy atom. The number of hydrogen-bond acceptors (Lipinski definition) is 2. The molecular formula is C10H17N3S. The summed E-state index contributed by atoms with van der Waals surface area (Å²) in [4.78, 5) is 0. The molecular weight excluding hydrogens is 194 g/mol. The van der Waals surface area contributed by atoms with Crippen LogP contribution < -0.4 is 0 Å². The summed E-state index contributed by atoms with van der Waals surface area (Å²) in [5.41, 5.74) is 0.254. The van der Waals surface area contributed by atoms with Crippen molar-refractivity contribution in [3.05, 3.63) is 10.6 Å². The zero-order valence-corrected chi connectivity index (χ0v) is 9.65. The van der Waals surface area contributed by atoms with E-state index in [-0.39, 0.29) is 5.41 Å². The molecule has 1 aliphatic carbocycles. The Kier molecular flexibility index (Phi) is 2.47. The van der Waals surface area contributed by atoms with Gasteiger partial charge < -0.3 is 4.57 Å². The Morgan fingerprint density at radius 2 is 2.14 bits per heavy atom. The van der Waals surface area contributed by atoms with E-state index in [0.717, 1.165) is 17.1 Å². The molecule has 1 N–H and O–H groups in total. The second-order valence-electron chi connectivity index (χ2n) is 4.36. The molecule has 1 heterocycles. The number of aromatic amines is 1. The molecule has 0 spiro atoms. The van der Waals surface area contributed by atoms with Gasteiger partial charge in [0, 0.05) is 12.0 Å². The van der Waals surface area contributed by atoms with Gasteiger partial charge in [-0.3, -0.25) is 5.10 Å². The predicted octanol–water partition coefficient (Wildman–Crippen LogP) is 2.79. The minimum Gasteiger partial charge on any atom is -0.304 e. The molecule has 1 aliphatic rings. The van der Waals surface area contributed by atoms with Gasteiger partial charge in [-0.2, -0.15) is 5.10 Å². The normalized spacial score (nSPS) is 20.1. The molecule has 1 aromatic rings. The number of nitrogens with zero attached hydrogens (tertiary/aromatic N) is 2.